The maximum Gasteiger partial charge on any atom is 0.407 e. The van der Waals surface area contributed by atoms with E-state index < -0.39 is 70.2 Å². The van der Waals surface area contributed by atoms with E-state index >= 15 is 0 Å². The number of nitrogens with one attached hydrogen (secondary N) is 2. The van der Waals surface area contributed by atoms with Crippen LogP contribution in [-0.4, -0.2) is 94.0 Å². The third kappa shape index (κ3) is 9.84. The fraction of sp³-hybridized carbons (Fsp3) is 0.474. The van der Waals surface area contributed by atoms with Gasteiger partial charge < -0.3 is 39.4 Å². The lowest BCUT2D eigenvalue weighted by Gasteiger charge is -2.35. The van der Waals surface area contributed by atoms with Gasteiger partial charge in [0.1, 0.15) is 17.7 Å². The Kier molecular flexibility index (Phi) is 12.4. The Morgan fingerprint density at radius 2 is 1.76 bits per heavy atom. The number of rotatable bonds is 16. The monoisotopic (exact) mass is 773 g/mol. The highest BCUT2D eigenvalue weighted by Crippen LogP contribution is 2.36. The minimum absolute atomic E-state index is 0.0523. The van der Waals surface area contributed by atoms with Crippen molar-refractivity contribution in [3.05, 3.63) is 89.5 Å². The molecule has 2 amide bonds. The summed E-state index contributed by atoms with van der Waals surface area (Å²) in [6.07, 6.45) is -1.46. The topological polar surface area (TPSA) is 162 Å². The number of aliphatic hydroxyl groups excluding tert-OH is 1. The summed E-state index contributed by atoms with van der Waals surface area (Å²) < 4.78 is 84.9. The first-order valence-electron chi connectivity index (χ1n) is 17.8. The quantitative estimate of drug-likeness (QED) is 0.178. The maximum atomic E-state index is 14.4. The van der Waals surface area contributed by atoms with E-state index in [2.05, 4.69) is 10.6 Å². The van der Waals surface area contributed by atoms with Crippen molar-refractivity contribution in [2.75, 3.05) is 39.6 Å². The van der Waals surface area contributed by atoms with E-state index in [1.165, 1.54) is 22.5 Å². The molecule has 2 fully saturated rings. The zero-order valence-corrected chi connectivity index (χ0v) is 30.9. The Balaban J connectivity index is 1.18. The summed E-state index contributed by atoms with van der Waals surface area (Å²) in [5.74, 6) is -1.82. The van der Waals surface area contributed by atoms with Gasteiger partial charge in [-0.05, 0) is 60.9 Å². The number of alkyl carbamates (subject to hydrolysis) is 1. The molecule has 0 aromatic heterocycles. The van der Waals surface area contributed by atoms with Gasteiger partial charge in [-0.2, -0.15) is 4.31 Å². The first kappa shape index (κ1) is 39.3. The molecule has 3 aliphatic rings. The largest absolute Gasteiger partial charge is 0.454 e. The molecule has 3 aromatic carbocycles. The molecule has 16 heteroatoms. The number of hydrogen-bond donors (Lipinski definition) is 3. The summed E-state index contributed by atoms with van der Waals surface area (Å²) in [6.45, 7) is 4.03. The number of carbonyl (C=O) groups is 2. The van der Waals surface area contributed by atoms with Crippen LogP contribution in [0.4, 0.5) is 13.6 Å². The lowest BCUT2D eigenvalue weighted by Crippen LogP contribution is -2.52. The molecule has 6 rings (SSSR count). The van der Waals surface area contributed by atoms with Crippen LogP contribution >= 0.6 is 0 Å². The minimum Gasteiger partial charge on any atom is -0.454 e. The summed E-state index contributed by atoms with van der Waals surface area (Å²) in [6, 6.07) is 15.0. The van der Waals surface area contributed by atoms with E-state index in [0.29, 0.717) is 37.7 Å². The number of amides is 2. The lowest BCUT2D eigenvalue weighted by atomic mass is 9.87. The van der Waals surface area contributed by atoms with Gasteiger partial charge in [0, 0.05) is 37.3 Å². The molecule has 0 aliphatic carbocycles. The van der Waals surface area contributed by atoms with Crippen molar-refractivity contribution in [2.45, 2.75) is 69.0 Å². The van der Waals surface area contributed by atoms with Crippen LogP contribution in [0.1, 0.15) is 49.0 Å². The van der Waals surface area contributed by atoms with Crippen molar-refractivity contribution < 1.29 is 55.6 Å². The summed E-state index contributed by atoms with van der Waals surface area (Å²) in [4.78, 5) is 25.7. The molecule has 54 heavy (non-hydrogen) atoms. The van der Waals surface area contributed by atoms with Crippen LogP contribution in [0, 0.1) is 23.0 Å². The summed E-state index contributed by atoms with van der Waals surface area (Å²) in [5.41, 5.74) is -0.0656. The van der Waals surface area contributed by atoms with Gasteiger partial charge in [-0.15, -0.1) is 0 Å². The van der Waals surface area contributed by atoms with Gasteiger partial charge in [-0.3, -0.25) is 4.79 Å². The van der Waals surface area contributed by atoms with Gasteiger partial charge >= 0.3 is 6.09 Å². The Morgan fingerprint density at radius 3 is 2.52 bits per heavy atom. The van der Waals surface area contributed by atoms with Crippen LogP contribution in [-0.2, 0) is 30.7 Å². The molecule has 0 bridgehead atoms. The number of aliphatic hydroxyl groups is 1. The molecule has 3 heterocycles. The van der Waals surface area contributed by atoms with E-state index in [-0.39, 0.29) is 55.0 Å². The molecule has 0 spiro atoms. The van der Waals surface area contributed by atoms with Crippen LogP contribution in [0.5, 0.6) is 11.5 Å². The Hall–Kier alpha value is -4.35. The number of carbonyl (C=O) groups excluding carboxylic acids is 2. The predicted octanol–water partition coefficient (Wildman–Crippen LogP) is 4.38. The van der Waals surface area contributed by atoms with Crippen molar-refractivity contribution in [3.8, 4) is 11.5 Å². The third-order valence-corrected chi connectivity index (χ3v) is 11.5. The number of halogens is 2. The summed E-state index contributed by atoms with van der Waals surface area (Å²) in [7, 11) is -4.28. The molecular weight excluding hydrogens is 728 g/mol. The van der Waals surface area contributed by atoms with Crippen molar-refractivity contribution in [3.63, 3.8) is 0 Å². The number of nitrogens with zero attached hydrogens (tertiary/aromatic N) is 1. The molecule has 0 saturated carbocycles. The number of fused-ring (bicyclic) bond motifs is 2. The lowest BCUT2D eigenvalue weighted by molar-refractivity contribution is -0.0907. The zero-order chi connectivity index (χ0) is 38.5. The maximum absolute atomic E-state index is 14.4. The third-order valence-electron chi connectivity index (χ3n) is 9.73. The van der Waals surface area contributed by atoms with Gasteiger partial charge in [-0.25, -0.2) is 22.0 Å². The fourth-order valence-corrected chi connectivity index (χ4v) is 8.57. The van der Waals surface area contributed by atoms with Crippen LogP contribution in [0.15, 0.2) is 71.6 Å². The Labute approximate surface area is 312 Å². The van der Waals surface area contributed by atoms with E-state index in [1.807, 2.05) is 44.2 Å². The average Bonchev–Trinajstić information content (AvgIpc) is 3.88. The van der Waals surface area contributed by atoms with E-state index in [1.54, 1.807) is 0 Å². The molecule has 5 atom stereocenters. The van der Waals surface area contributed by atoms with Gasteiger partial charge in [0.05, 0.1) is 36.2 Å². The average molecular weight is 774 g/mol. The molecule has 0 radical (unpaired) electrons. The molecule has 0 unspecified atom stereocenters. The normalized spacial score (nSPS) is 20.4. The second-order valence-electron chi connectivity index (χ2n) is 14.5. The predicted molar refractivity (Wildman–Crippen MR) is 190 cm³/mol. The van der Waals surface area contributed by atoms with Crippen LogP contribution in [0.3, 0.4) is 0 Å². The molecule has 2 saturated heterocycles. The van der Waals surface area contributed by atoms with Gasteiger partial charge in [0.15, 0.2) is 17.8 Å². The summed E-state index contributed by atoms with van der Waals surface area (Å²) in [5, 5.41) is 17.3. The van der Waals surface area contributed by atoms with Crippen molar-refractivity contribution in [1.29, 1.82) is 0 Å². The van der Waals surface area contributed by atoms with Crippen LogP contribution < -0.4 is 20.1 Å². The second-order valence-corrected chi connectivity index (χ2v) is 16.4. The number of ether oxygens (including phenoxy) is 5. The first-order chi connectivity index (χ1) is 25.8. The van der Waals surface area contributed by atoms with Crippen molar-refractivity contribution >= 4 is 22.0 Å². The zero-order valence-electron chi connectivity index (χ0n) is 30.0. The van der Waals surface area contributed by atoms with Gasteiger partial charge in [0.2, 0.25) is 16.8 Å². The molecule has 13 nitrogen and oxygen atoms in total. The highest BCUT2D eigenvalue weighted by atomic mass is 32.2. The molecular formula is C38H45F2N3O10S. The van der Waals surface area contributed by atoms with Crippen LogP contribution in [0.2, 0.25) is 0 Å². The van der Waals surface area contributed by atoms with Gasteiger partial charge in [-0.1, -0.05) is 44.2 Å². The number of hydrogen-bond acceptors (Lipinski definition) is 10. The number of sulfonamides is 1. The van der Waals surface area contributed by atoms with Crippen LogP contribution in [0.25, 0.3) is 0 Å². The molecule has 3 N–H and O–H groups in total. The standard InChI is InChI=1S/C38H45F2N3O10S/c1-38(2,12-6-13-41-35(45)25-16-26(39)18-27(40)17-25)22-43(54(47,48)28-9-10-32-33(19-28)52-23-51-32)20-31(44)30(15-24-7-4-3-5-8-24)42-37(46)53-34-21-50-36-29(34)11-14-49-36/h3-5,7-10,16-19,29-31,34,36,44H,6,11-15,20-23H2,1-2H3,(H,41,45)(H,42,46)/t29-,30-,31+,34-,36+/m0/s1. The Bertz CT molecular complexity index is 1880. The van der Waals surface area contributed by atoms with Crippen molar-refractivity contribution in [1.82, 2.24) is 14.9 Å². The second kappa shape index (κ2) is 17.0. The van der Waals surface area contributed by atoms with Gasteiger partial charge in [0.25, 0.3) is 5.91 Å². The SMILES string of the molecule is CC(C)(CCCNC(=O)c1cc(F)cc(F)c1)CN(C[C@@H](O)[C@H](Cc1ccccc1)NC(=O)O[C@H]1CO[C@H]2OCC[C@H]21)S(=O)(=O)c1ccc2c(c1)OCO2. The van der Waals surface area contributed by atoms with E-state index in [0.717, 1.165) is 17.7 Å². The fourth-order valence-electron chi connectivity index (χ4n) is 6.90. The highest BCUT2D eigenvalue weighted by Gasteiger charge is 2.44. The van der Waals surface area contributed by atoms with E-state index in [4.69, 9.17) is 23.7 Å². The summed E-state index contributed by atoms with van der Waals surface area (Å²) >= 11 is 0. The van der Waals surface area contributed by atoms with E-state index in [9.17, 15) is 31.9 Å². The Morgan fingerprint density at radius 1 is 1.02 bits per heavy atom. The smallest absolute Gasteiger partial charge is 0.407 e. The molecule has 3 aromatic rings. The molecule has 292 valence electrons. The first-order valence-corrected chi connectivity index (χ1v) is 19.3. The highest BCUT2D eigenvalue weighted by molar-refractivity contribution is 7.89. The minimum atomic E-state index is -4.28. The van der Waals surface area contributed by atoms with Crippen molar-refractivity contribution in [2.24, 2.45) is 11.3 Å². The number of benzene rings is 3. The molecule has 3 aliphatic heterocycles.